The predicted molar refractivity (Wildman–Crippen MR) is 212 cm³/mol. The van der Waals surface area contributed by atoms with E-state index in [0.29, 0.717) is 0 Å². The van der Waals surface area contributed by atoms with Crippen molar-refractivity contribution in [2.45, 2.75) is 51.4 Å². The van der Waals surface area contributed by atoms with E-state index in [1.165, 1.54) is 74.8 Å². The van der Waals surface area contributed by atoms with Crippen LogP contribution >= 0.6 is 37.8 Å². The highest BCUT2D eigenvalue weighted by Crippen LogP contribution is 2.98. The van der Waals surface area contributed by atoms with E-state index in [1.807, 2.05) is 0 Å². The maximum absolute atomic E-state index is 2.52. The number of hydrogen-bond donors (Lipinski definition) is 0. The molecule has 6 rings (SSSR count). The van der Waals surface area contributed by atoms with Gasteiger partial charge in [0.15, 0.2) is 0 Å². The van der Waals surface area contributed by atoms with Gasteiger partial charge in [-0.05, 0) is 87.0 Å². The SMILES string of the molecule is c1ccc(-c2ccc(P3CCCCCCCCCCPP(c4ccccc4)P(c4ccccc4)P3c3ccccc3)cc2)cc1. The van der Waals surface area contributed by atoms with Crippen molar-refractivity contribution in [1.29, 1.82) is 0 Å². The second-order valence-electron chi connectivity index (χ2n) is 11.7. The molecule has 0 aliphatic carbocycles. The van der Waals surface area contributed by atoms with E-state index in [-0.39, 0.29) is 14.9 Å². The fourth-order valence-corrected chi connectivity index (χ4v) is 44.7. The van der Waals surface area contributed by atoms with E-state index in [4.69, 9.17) is 0 Å². The Bertz CT molecular complexity index is 1530. The maximum Gasteiger partial charge on any atom is -0.00694 e. The summed E-state index contributed by atoms with van der Waals surface area (Å²) in [7, 11) is -0.479. The minimum atomic E-state index is -0.423. The first kappa shape index (κ1) is 33.2. The lowest BCUT2D eigenvalue weighted by atomic mass is 10.1. The molecule has 5 heteroatoms. The van der Waals surface area contributed by atoms with Crippen molar-refractivity contribution in [2.24, 2.45) is 0 Å². The van der Waals surface area contributed by atoms with Gasteiger partial charge >= 0.3 is 0 Å². The summed E-state index contributed by atoms with van der Waals surface area (Å²) in [5.74, 6) is 0. The normalized spacial score (nSPS) is 22.7. The average Bonchev–Trinajstić information content (AvgIpc) is 3.12. The number of rotatable bonds is 5. The van der Waals surface area contributed by atoms with E-state index in [9.17, 15) is 0 Å². The zero-order chi connectivity index (χ0) is 30.5. The fraction of sp³-hybridized carbons (Fsp3) is 0.250. The number of hydrogen-bond acceptors (Lipinski definition) is 0. The van der Waals surface area contributed by atoms with Crippen molar-refractivity contribution < 1.29 is 0 Å². The van der Waals surface area contributed by atoms with Gasteiger partial charge in [-0.25, -0.2) is 0 Å². The summed E-state index contributed by atoms with van der Waals surface area (Å²) in [6.07, 6.45) is 13.9. The van der Waals surface area contributed by atoms with Crippen molar-refractivity contribution in [3.8, 4) is 11.1 Å². The lowest BCUT2D eigenvalue weighted by Gasteiger charge is -2.40. The first-order valence-corrected chi connectivity index (χ1v) is 26.3. The highest BCUT2D eigenvalue weighted by atomic mass is 32.8. The zero-order valence-corrected chi connectivity index (χ0v) is 30.8. The summed E-state index contributed by atoms with van der Waals surface area (Å²) >= 11 is 0. The predicted octanol–water partition coefficient (Wildman–Crippen LogP) is 12.4. The molecule has 0 aromatic heterocycles. The molecule has 0 bridgehead atoms. The van der Waals surface area contributed by atoms with E-state index in [2.05, 4.69) is 146 Å². The third-order valence-electron chi connectivity index (χ3n) is 8.40. The van der Waals surface area contributed by atoms with Crippen LogP contribution in [0.2, 0.25) is 0 Å². The van der Waals surface area contributed by atoms with Crippen LogP contribution in [0.4, 0.5) is 0 Å². The van der Waals surface area contributed by atoms with Gasteiger partial charge in [0.05, 0.1) is 0 Å². The van der Waals surface area contributed by atoms with Gasteiger partial charge in [-0.15, -0.1) is 0 Å². The third-order valence-corrected chi connectivity index (χ3v) is 37.7. The molecule has 1 saturated heterocycles. The van der Waals surface area contributed by atoms with Crippen LogP contribution < -0.4 is 21.2 Å². The Hall–Kier alpha value is -1.75. The van der Waals surface area contributed by atoms with Gasteiger partial charge in [0.25, 0.3) is 0 Å². The molecule has 230 valence electrons. The van der Waals surface area contributed by atoms with Crippen LogP contribution in [-0.2, 0) is 0 Å². The Kier molecular flexibility index (Phi) is 13.2. The summed E-state index contributed by atoms with van der Waals surface area (Å²) in [5.41, 5.74) is 2.64. The Morgan fingerprint density at radius 2 is 0.800 bits per heavy atom. The molecule has 1 fully saturated rings. The van der Waals surface area contributed by atoms with E-state index in [0.717, 1.165) is 8.27 Å². The molecule has 1 heterocycles. The smallest absolute Gasteiger partial charge is 0.00694 e. The second kappa shape index (κ2) is 18.0. The molecule has 0 saturated carbocycles. The van der Waals surface area contributed by atoms with Crippen LogP contribution in [0, 0.1) is 0 Å². The first-order valence-electron chi connectivity index (χ1n) is 16.6. The maximum atomic E-state index is 2.52. The van der Waals surface area contributed by atoms with E-state index >= 15 is 0 Å². The third kappa shape index (κ3) is 9.20. The van der Waals surface area contributed by atoms with Gasteiger partial charge in [0.2, 0.25) is 0 Å². The molecule has 5 aromatic rings. The van der Waals surface area contributed by atoms with Crippen molar-refractivity contribution in [3.05, 3.63) is 146 Å². The molecule has 0 amide bonds. The minimum absolute atomic E-state index is 0.306. The number of benzene rings is 5. The quantitative estimate of drug-likeness (QED) is 0.162. The molecule has 1 aliphatic rings. The molecule has 5 unspecified atom stereocenters. The lowest BCUT2D eigenvalue weighted by Crippen LogP contribution is -2.12. The zero-order valence-electron chi connectivity index (χ0n) is 26.2. The van der Waals surface area contributed by atoms with Crippen molar-refractivity contribution >= 4 is 59.0 Å². The molecule has 1 aliphatic heterocycles. The van der Waals surface area contributed by atoms with Crippen LogP contribution in [0.3, 0.4) is 0 Å². The molecular weight excluding hydrogens is 635 g/mol. The monoisotopic (exact) mass is 680 g/mol. The highest BCUT2D eigenvalue weighted by molar-refractivity contribution is 8.89. The van der Waals surface area contributed by atoms with Gasteiger partial charge in [-0.2, -0.15) is 0 Å². The van der Waals surface area contributed by atoms with Gasteiger partial charge in [0, 0.05) is 0 Å². The fourth-order valence-electron chi connectivity index (χ4n) is 6.04. The Labute approximate surface area is 278 Å². The Balaban J connectivity index is 1.50. The molecular formula is C40H45P5. The molecule has 0 nitrogen and oxygen atoms in total. The second-order valence-corrected chi connectivity index (χ2v) is 30.3. The van der Waals surface area contributed by atoms with Crippen LogP contribution in [-0.4, -0.2) is 12.3 Å². The average molecular weight is 681 g/mol. The topological polar surface area (TPSA) is 0 Å². The summed E-state index contributed by atoms with van der Waals surface area (Å²) in [4.78, 5) is 0. The summed E-state index contributed by atoms with van der Waals surface area (Å²) in [6, 6.07) is 56.2. The van der Waals surface area contributed by atoms with E-state index < -0.39 is 14.6 Å². The first-order chi connectivity index (χ1) is 22.4. The minimum Gasteiger partial charge on any atom is -0.0862 e. The Morgan fingerprint density at radius 3 is 1.38 bits per heavy atom. The molecule has 0 N–H and O–H groups in total. The molecule has 5 aromatic carbocycles. The van der Waals surface area contributed by atoms with Gasteiger partial charge < -0.3 is 0 Å². The molecule has 0 spiro atoms. The van der Waals surface area contributed by atoms with Gasteiger partial charge in [-0.3, -0.25) is 0 Å². The summed E-state index contributed by atoms with van der Waals surface area (Å²) in [6.45, 7) is 0. The van der Waals surface area contributed by atoms with Crippen molar-refractivity contribution in [1.82, 2.24) is 0 Å². The molecule has 5 atom stereocenters. The van der Waals surface area contributed by atoms with Crippen molar-refractivity contribution in [2.75, 3.05) is 12.3 Å². The lowest BCUT2D eigenvalue weighted by molar-refractivity contribution is 0.587. The van der Waals surface area contributed by atoms with Gasteiger partial charge in [-0.1, -0.05) is 192 Å². The largest absolute Gasteiger partial charge is 0.0862 e. The van der Waals surface area contributed by atoms with Crippen molar-refractivity contribution in [3.63, 3.8) is 0 Å². The Morgan fingerprint density at radius 1 is 0.356 bits per heavy atom. The van der Waals surface area contributed by atoms with Crippen LogP contribution in [0.5, 0.6) is 0 Å². The van der Waals surface area contributed by atoms with Crippen LogP contribution in [0.15, 0.2) is 146 Å². The summed E-state index contributed by atoms with van der Waals surface area (Å²) < 4.78 is 0. The van der Waals surface area contributed by atoms with E-state index in [1.54, 1.807) is 21.2 Å². The molecule has 45 heavy (non-hydrogen) atoms. The molecule has 0 radical (unpaired) electrons. The van der Waals surface area contributed by atoms with Gasteiger partial charge in [0.1, 0.15) is 0 Å². The standard InChI is InChI=1S/C40H45P5/c1-2-4-6-20-34-42(37-31-29-36(30-32-37)35-21-11-7-12-22-35)44(39-25-15-9-16-26-39)45(40-27-17-10-18-28-40)43(41-33-19-5-3-1)38-23-13-8-14-24-38/h7-18,21-32,41H,1-6,19-20,33-34H2. The highest BCUT2D eigenvalue weighted by Gasteiger charge is 2.37. The van der Waals surface area contributed by atoms with Crippen LogP contribution in [0.1, 0.15) is 51.4 Å². The van der Waals surface area contributed by atoms with Crippen LogP contribution in [0.25, 0.3) is 11.1 Å². The summed E-state index contributed by atoms with van der Waals surface area (Å²) in [5, 5.41) is 6.49.